The fraction of sp³-hybridized carbons (Fsp3) is 0.105. The number of pyridine rings is 1. The molecule has 1 heteroatoms. The summed E-state index contributed by atoms with van der Waals surface area (Å²) in [5.74, 6) is 0. The Morgan fingerprint density at radius 2 is 1.50 bits per heavy atom. The van der Waals surface area contributed by atoms with Gasteiger partial charge in [0.25, 0.3) is 0 Å². The molecule has 98 valence electrons. The van der Waals surface area contributed by atoms with Gasteiger partial charge in [0.1, 0.15) is 0 Å². The van der Waals surface area contributed by atoms with Crippen molar-refractivity contribution in [2.24, 2.45) is 0 Å². The fourth-order valence-corrected chi connectivity index (χ4v) is 2.21. The Kier molecular flexibility index (Phi) is 3.34. The zero-order valence-corrected chi connectivity index (χ0v) is 11.8. The SMILES string of the molecule is Cc1ccc(/C=C/c2ccc3cc(C)ccc3n2)cc1. The van der Waals surface area contributed by atoms with E-state index in [2.05, 4.69) is 85.6 Å². The molecule has 0 bridgehead atoms. The van der Waals surface area contributed by atoms with Gasteiger partial charge in [0.05, 0.1) is 11.2 Å². The fourth-order valence-electron chi connectivity index (χ4n) is 2.21. The van der Waals surface area contributed by atoms with Crippen molar-refractivity contribution in [3.63, 3.8) is 0 Å². The molecule has 0 radical (unpaired) electrons. The van der Waals surface area contributed by atoms with E-state index in [1.807, 2.05) is 0 Å². The number of hydrogen-bond donors (Lipinski definition) is 0. The normalized spacial score (nSPS) is 11.3. The van der Waals surface area contributed by atoms with Crippen LogP contribution in [-0.4, -0.2) is 4.98 Å². The molecule has 1 heterocycles. The molecule has 1 nitrogen and oxygen atoms in total. The van der Waals surface area contributed by atoms with Gasteiger partial charge in [-0.25, -0.2) is 4.98 Å². The summed E-state index contributed by atoms with van der Waals surface area (Å²) < 4.78 is 0. The molecule has 0 saturated carbocycles. The van der Waals surface area contributed by atoms with Crippen LogP contribution in [0, 0.1) is 13.8 Å². The summed E-state index contributed by atoms with van der Waals surface area (Å²) in [6.45, 7) is 4.20. The Labute approximate surface area is 119 Å². The molecule has 0 atom stereocenters. The highest BCUT2D eigenvalue weighted by Crippen LogP contribution is 2.16. The lowest BCUT2D eigenvalue weighted by Crippen LogP contribution is -1.84. The minimum atomic E-state index is 0.988. The van der Waals surface area contributed by atoms with Gasteiger partial charge in [-0.2, -0.15) is 0 Å². The molecule has 0 N–H and O–H groups in total. The Balaban J connectivity index is 1.90. The van der Waals surface area contributed by atoms with Crippen molar-refractivity contribution in [2.45, 2.75) is 13.8 Å². The first kappa shape index (κ1) is 12.6. The zero-order chi connectivity index (χ0) is 13.9. The summed E-state index contributed by atoms with van der Waals surface area (Å²) in [6, 6.07) is 19.0. The van der Waals surface area contributed by atoms with E-state index in [0.29, 0.717) is 0 Å². The van der Waals surface area contributed by atoms with Crippen molar-refractivity contribution in [2.75, 3.05) is 0 Å². The van der Waals surface area contributed by atoms with Gasteiger partial charge in [-0.1, -0.05) is 53.6 Å². The van der Waals surface area contributed by atoms with Crippen LogP contribution >= 0.6 is 0 Å². The lowest BCUT2D eigenvalue weighted by Gasteiger charge is -2.00. The predicted molar refractivity (Wildman–Crippen MR) is 86.6 cm³/mol. The third kappa shape index (κ3) is 2.77. The van der Waals surface area contributed by atoms with Crippen LogP contribution < -0.4 is 0 Å². The third-order valence-electron chi connectivity index (χ3n) is 3.39. The topological polar surface area (TPSA) is 12.9 Å². The van der Waals surface area contributed by atoms with Crippen LogP contribution in [-0.2, 0) is 0 Å². The molecular formula is C19H17N. The quantitative estimate of drug-likeness (QED) is 0.629. The average Bonchev–Trinajstić information content (AvgIpc) is 2.46. The number of fused-ring (bicyclic) bond motifs is 1. The second kappa shape index (κ2) is 5.30. The van der Waals surface area contributed by atoms with E-state index in [0.717, 1.165) is 11.2 Å². The summed E-state index contributed by atoms with van der Waals surface area (Å²) >= 11 is 0. The lowest BCUT2D eigenvalue weighted by atomic mass is 10.1. The average molecular weight is 259 g/mol. The van der Waals surface area contributed by atoms with Gasteiger partial charge in [-0.05, 0) is 43.7 Å². The molecule has 2 aromatic carbocycles. The molecule has 0 aliphatic heterocycles. The number of nitrogens with zero attached hydrogens (tertiary/aromatic N) is 1. The van der Waals surface area contributed by atoms with Gasteiger partial charge in [-0.15, -0.1) is 0 Å². The minimum absolute atomic E-state index is 0.988. The summed E-state index contributed by atoms with van der Waals surface area (Å²) in [4.78, 5) is 4.66. The first-order valence-corrected chi connectivity index (χ1v) is 6.83. The number of aromatic nitrogens is 1. The van der Waals surface area contributed by atoms with Gasteiger partial charge in [0, 0.05) is 5.39 Å². The van der Waals surface area contributed by atoms with Crippen molar-refractivity contribution in [1.82, 2.24) is 4.98 Å². The molecule has 0 fully saturated rings. The van der Waals surface area contributed by atoms with Crippen molar-refractivity contribution < 1.29 is 0 Å². The van der Waals surface area contributed by atoms with Gasteiger partial charge >= 0.3 is 0 Å². The van der Waals surface area contributed by atoms with Crippen molar-refractivity contribution in [3.8, 4) is 0 Å². The number of rotatable bonds is 2. The Hall–Kier alpha value is -2.41. The summed E-state index contributed by atoms with van der Waals surface area (Å²) in [5.41, 5.74) is 5.77. The van der Waals surface area contributed by atoms with Gasteiger partial charge in [-0.3, -0.25) is 0 Å². The molecule has 0 spiro atoms. The highest BCUT2D eigenvalue weighted by molar-refractivity contribution is 5.81. The van der Waals surface area contributed by atoms with Crippen molar-refractivity contribution in [3.05, 3.63) is 77.0 Å². The molecule has 20 heavy (non-hydrogen) atoms. The summed E-state index contributed by atoms with van der Waals surface area (Å²) in [5, 5.41) is 1.19. The summed E-state index contributed by atoms with van der Waals surface area (Å²) in [7, 11) is 0. The van der Waals surface area contributed by atoms with Crippen LogP contribution in [0.15, 0.2) is 54.6 Å². The molecule has 0 amide bonds. The van der Waals surface area contributed by atoms with Crippen LogP contribution in [0.4, 0.5) is 0 Å². The maximum atomic E-state index is 4.66. The Morgan fingerprint density at radius 1 is 0.750 bits per heavy atom. The molecular weight excluding hydrogens is 242 g/mol. The molecule has 0 aliphatic carbocycles. The maximum Gasteiger partial charge on any atom is 0.0709 e. The second-order valence-corrected chi connectivity index (χ2v) is 5.18. The molecule has 0 aliphatic rings. The van der Waals surface area contributed by atoms with Crippen molar-refractivity contribution >= 4 is 23.1 Å². The Bertz CT molecular complexity index is 767. The lowest BCUT2D eigenvalue weighted by molar-refractivity contribution is 1.36. The number of aryl methyl sites for hydroxylation is 2. The largest absolute Gasteiger partial charge is 0.248 e. The smallest absolute Gasteiger partial charge is 0.0709 e. The highest BCUT2D eigenvalue weighted by atomic mass is 14.7. The van der Waals surface area contributed by atoms with Crippen LogP contribution in [0.5, 0.6) is 0 Å². The van der Waals surface area contributed by atoms with E-state index in [-0.39, 0.29) is 0 Å². The van der Waals surface area contributed by atoms with Crippen LogP contribution in [0.3, 0.4) is 0 Å². The van der Waals surface area contributed by atoms with Crippen LogP contribution in [0.1, 0.15) is 22.4 Å². The highest BCUT2D eigenvalue weighted by Gasteiger charge is 1.96. The van der Waals surface area contributed by atoms with E-state index in [1.165, 1.54) is 22.1 Å². The zero-order valence-electron chi connectivity index (χ0n) is 11.8. The Morgan fingerprint density at radius 3 is 2.30 bits per heavy atom. The van der Waals surface area contributed by atoms with Crippen molar-refractivity contribution in [1.29, 1.82) is 0 Å². The molecule has 3 rings (SSSR count). The van der Waals surface area contributed by atoms with Crippen LogP contribution in [0.25, 0.3) is 23.1 Å². The standard InChI is InChI=1S/C19H17N/c1-14-3-6-16(7-4-14)8-10-18-11-9-17-13-15(2)5-12-19(17)20-18/h3-13H,1-2H3/b10-8+. The second-order valence-electron chi connectivity index (χ2n) is 5.18. The maximum absolute atomic E-state index is 4.66. The monoisotopic (exact) mass is 259 g/mol. The minimum Gasteiger partial charge on any atom is -0.248 e. The summed E-state index contributed by atoms with van der Waals surface area (Å²) in [6.07, 6.45) is 4.16. The van der Waals surface area contributed by atoms with Gasteiger partial charge < -0.3 is 0 Å². The van der Waals surface area contributed by atoms with Gasteiger partial charge in [0.15, 0.2) is 0 Å². The third-order valence-corrected chi connectivity index (χ3v) is 3.39. The van der Waals surface area contributed by atoms with E-state index in [1.54, 1.807) is 0 Å². The van der Waals surface area contributed by atoms with E-state index >= 15 is 0 Å². The molecule has 0 saturated heterocycles. The molecule has 1 aromatic heterocycles. The first-order chi connectivity index (χ1) is 9.70. The van der Waals surface area contributed by atoms with E-state index in [4.69, 9.17) is 0 Å². The van der Waals surface area contributed by atoms with Crippen LogP contribution in [0.2, 0.25) is 0 Å². The first-order valence-electron chi connectivity index (χ1n) is 6.83. The van der Waals surface area contributed by atoms with Gasteiger partial charge in [0.2, 0.25) is 0 Å². The molecule has 3 aromatic rings. The number of benzene rings is 2. The molecule has 0 unspecified atom stereocenters. The van der Waals surface area contributed by atoms with E-state index in [9.17, 15) is 0 Å². The predicted octanol–water partition coefficient (Wildman–Crippen LogP) is 5.02. The van der Waals surface area contributed by atoms with E-state index < -0.39 is 0 Å². The number of hydrogen-bond acceptors (Lipinski definition) is 1.